The van der Waals surface area contributed by atoms with Gasteiger partial charge in [-0.3, -0.25) is 4.90 Å². The first-order chi connectivity index (χ1) is 12.3. The number of thiophene rings is 1. The average molecular weight is 394 g/mol. The largest absolute Gasteiger partial charge is 0.467 e. The molecule has 0 N–H and O–H groups in total. The van der Waals surface area contributed by atoms with E-state index < -0.39 is 11.7 Å². The van der Waals surface area contributed by atoms with E-state index in [1.165, 1.54) is 16.2 Å². The number of furan rings is 1. The van der Waals surface area contributed by atoms with E-state index in [1.807, 2.05) is 33.1 Å². The van der Waals surface area contributed by atoms with Gasteiger partial charge in [0.1, 0.15) is 11.4 Å². The molecule has 0 aliphatic rings. The van der Waals surface area contributed by atoms with E-state index in [-0.39, 0.29) is 11.8 Å². The second-order valence-electron chi connectivity index (χ2n) is 6.75. The summed E-state index contributed by atoms with van der Waals surface area (Å²) in [4.78, 5) is 23.0. The van der Waals surface area contributed by atoms with Crippen molar-refractivity contribution >= 4 is 45.1 Å². The van der Waals surface area contributed by atoms with Crippen LogP contribution in [0.5, 0.6) is 0 Å². The molecule has 0 aliphatic heterocycles. The molecule has 3 aromatic rings. The normalized spacial score (nSPS) is 11.7. The molecule has 8 heteroatoms. The van der Waals surface area contributed by atoms with Crippen LogP contribution in [0.4, 0.5) is 10.6 Å². The maximum atomic E-state index is 12.9. The van der Waals surface area contributed by atoms with Gasteiger partial charge >= 0.3 is 6.09 Å². The molecule has 3 aromatic heterocycles. The lowest BCUT2D eigenvalue weighted by Crippen LogP contribution is -2.37. The predicted octanol–water partition coefficient (Wildman–Crippen LogP) is 5.44. The van der Waals surface area contributed by atoms with Gasteiger partial charge in [-0.05, 0) is 61.9 Å². The number of ether oxygens (including phenoxy) is 1. The summed E-state index contributed by atoms with van der Waals surface area (Å²) in [7, 11) is 0. The minimum atomic E-state index is -0.640. The maximum absolute atomic E-state index is 12.9. The highest BCUT2D eigenvalue weighted by atomic mass is 35.5. The number of halogens is 1. The number of amides is 1. The second-order valence-corrected chi connectivity index (χ2v) is 7.97. The van der Waals surface area contributed by atoms with Crippen LogP contribution in [0.1, 0.15) is 39.0 Å². The number of aryl methyl sites for hydroxylation is 1. The highest BCUT2D eigenvalue weighted by Gasteiger charge is 2.28. The zero-order valence-corrected chi connectivity index (χ0v) is 16.6. The summed E-state index contributed by atoms with van der Waals surface area (Å²) in [6.07, 6.45) is 1.86. The van der Waals surface area contributed by atoms with Crippen LogP contribution in [0, 0.1) is 0 Å². The van der Waals surface area contributed by atoms with Gasteiger partial charge in [-0.15, -0.1) is 11.3 Å². The molecule has 0 saturated carbocycles. The number of hydrogen-bond donors (Lipinski definition) is 0. The molecule has 0 atom stereocenters. The van der Waals surface area contributed by atoms with Gasteiger partial charge in [-0.1, -0.05) is 6.92 Å². The summed E-state index contributed by atoms with van der Waals surface area (Å²) >= 11 is 7.64. The fourth-order valence-electron chi connectivity index (χ4n) is 2.46. The SMILES string of the molecule is CCc1csc2c(N(Cc3ccco3)C(=O)OC(C)(C)C)nc(Cl)nc12. The minimum absolute atomic E-state index is 0.0913. The summed E-state index contributed by atoms with van der Waals surface area (Å²) < 4.78 is 11.8. The first kappa shape index (κ1) is 18.7. The van der Waals surface area contributed by atoms with Gasteiger partial charge < -0.3 is 9.15 Å². The Labute approximate surface area is 160 Å². The van der Waals surface area contributed by atoms with Crippen molar-refractivity contribution in [2.24, 2.45) is 0 Å². The number of carbonyl (C=O) groups excluding carboxylic acids is 1. The molecule has 0 bridgehead atoms. The van der Waals surface area contributed by atoms with Gasteiger partial charge in [0.15, 0.2) is 5.82 Å². The molecule has 1 amide bonds. The van der Waals surface area contributed by atoms with Crippen LogP contribution in [0.2, 0.25) is 5.28 Å². The molecule has 138 valence electrons. The van der Waals surface area contributed by atoms with Crippen LogP contribution in [-0.2, 0) is 17.7 Å². The number of fused-ring (bicyclic) bond motifs is 1. The number of hydrogen-bond acceptors (Lipinski definition) is 6. The van der Waals surface area contributed by atoms with Crippen molar-refractivity contribution in [3.63, 3.8) is 0 Å². The molecule has 0 aromatic carbocycles. The number of aromatic nitrogens is 2. The number of carbonyl (C=O) groups is 1. The van der Waals surface area contributed by atoms with E-state index in [9.17, 15) is 4.79 Å². The fraction of sp³-hybridized carbons (Fsp3) is 0.389. The molecule has 3 heterocycles. The Bertz CT molecular complexity index is 916. The van der Waals surface area contributed by atoms with Crippen molar-refractivity contribution in [3.05, 3.63) is 40.4 Å². The summed E-state index contributed by atoms with van der Waals surface area (Å²) in [6.45, 7) is 7.69. The van der Waals surface area contributed by atoms with E-state index >= 15 is 0 Å². The lowest BCUT2D eigenvalue weighted by molar-refractivity contribution is 0.0574. The van der Waals surface area contributed by atoms with Crippen LogP contribution in [-0.4, -0.2) is 21.7 Å². The number of anilines is 1. The zero-order chi connectivity index (χ0) is 18.9. The third-order valence-corrected chi connectivity index (χ3v) is 4.77. The fourth-order valence-corrected chi connectivity index (χ4v) is 3.71. The average Bonchev–Trinajstić information content (AvgIpc) is 3.19. The topological polar surface area (TPSA) is 68.5 Å². The second kappa shape index (κ2) is 7.25. The van der Waals surface area contributed by atoms with Crippen molar-refractivity contribution in [3.8, 4) is 0 Å². The van der Waals surface area contributed by atoms with Gasteiger partial charge in [0.2, 0.25) is 5.28 Å². The predicted molar refractivity (Wildman–Crippen MR) is 103 cm³/mol. The van der Waals surface area contributed by atoms with Crippen LogP contribution in [0.15, 0.2) is 28.2 Å². The Balaban J connectivity index is 2.10. The highest BCUT2D eigenvalue weighted by molar-refractivity contribution is 7.18. The Hall–Kier alpha value is -2.12. The van der Waals surface area contributed by atoms with Crippen LogP contribution in [0.25, 0.3) is 10.2 Å². The molecule has 6 nitrogen and oxygen atoms in total. The molecular formula is C18H20ClN3O3S. The zero-order valence-electron chi connectivity index (χ0n) is 15.1. The Morgan fingerprint density at radius 3 is 2.77 bits per heavy atom. The van der Waals surface area contributed by atoms with Crippen molar-refractivity contribution in [2.75, 3.05) is 4.90 Å². The molecule has 3 rings (SSSR count). The molecule has 0 saturated heterocycles. The quantitative estimate of drug-likeness (QED) is 0.552. The maximum Gasteiger partial charge on any atom is 0.416 e. The van der Waals surface area contributed by atoms with Gasteiger partial charge in [0.05, 0.1) is 23.0 Å². The van der Waals surface area contributed by atoms with Crippen LogP contribution < -0.4 is 4.90 Å². The smallest absolute Gasteiger partial charge is 0.416 e. The van der Waals surface area contributed by atoms with Crippen LogP contribution >= 0.6 is 22.9 Å². The first-order valence-corrected chi connectivity index (χ1v) is 9.50. The third kappa shape index (κ3) is 3.99. The van der Waals surface area contributed by atoms with Gasteiger partial charge in [-0.2, -0.15) is 4.98 Å². The Morgan fingerprint density at radius 2 is 2.15 bits per heavy atom. The molecule has 0 radical (unpaired) electrons. The van der Waals surface area contributed by atoms with E-state index in [0.717, 1.165) is 22.2 Å². The van der Waals surface area contributed by atoms with E-state index in [2.05, 4.69) is 9.97 Å². The van der Waals surface area contributed by atoms with Gasteiger partial charge in [0, 0.05) is 0 Å². The van der Waals surface area contributed by atoms with Crippen molar-refractivity contribution in [1.82, 2.24) is 9.97 Å². The van der Waals surface area contributed by atoms with Gasteiger partial charge in [0.25, 0.3) is 0 Å². The molecule has 0 unspecified atom stereocenters. The summed E-state index contributed by atoms with van der Waals surface area (Å²) in [5.74, 6) is 1.04. The molecule has 0 spiro atoms. The molecule has 0 aliphatic carbocycles. The lowest BCUT2D eigenvalue weighted by atomic mass is 10.2. The van der Waals surface area contributed by atoms with Crippen molar-refractivity contribution < 1.29 is 13.9 Å². The first-order valence-electron chi connectivity index (χ1n) is 8.25. The monoisotopic (exact) mass is 393 g/mol. The third-order valence-electron chi connectivity index (χ3n) is 3.59. The van der Waals surface area contributed by atoms with Crippen LogP contribution in [0.3, 0.4) is 0 Å². The highest BCUT2D eigenvalue weighted by Crippen LogP contribution is 2.34. The number of nitrogens with zero attached hydrogens (tertiary/aromatic N) is 3. The standard InChI is InChI=1S/C18H20ClN3O3S/c1-5-11-10-26-14-13(11)20-16(19)21-15(14)22(9-12-7-6-8-24-12)17(23)25-18(2,3)4/h6-8,10H,5,9H2,1-4H3. The van der Waals surface area contributed by atoms with E-state index in [0.29, 0.717) is 11.6 Å². The molecule has 26 heavy (non-hydrogen) atoms. The Morgan fingerprint density at radius 1 is 1.38 bits per heavy atom. The Kier molecular flexibility index (Phi) is 5.20. The summed E-state index contributed by atoms with van der Waals surface area (Å²) in [5, 5.41) is 2.10. The molecule has 0 fully saturated rings. The van der Waals surface area contributed by atoms with Crippen molar-refractivity contribution in [1.29, 1.82) is 0 Å². The molecular weight excluding hydrogens is 374 g/mol. The lowest BCUT2D eigenvalue weighted by Gasteiger charge is -2.26. The van der Waals surface area contributed by atoms with Gasteiger partial charge in [-0.25, -0.2) is 9.78 Å². The summed E-state index contributed by atoms with van der Waals surface area (Å²) in [5.41, 5.74) is 1.19. The van der Waals surface area contributed by atoms with Crippen molar-refractivity contribution in [2.45, 2.75) is 46.3 Å². The van der Waals surface area contributed by atoms with E-state index in [4.69, 9.17) is 20.8 Å². The van der Waals surface area contributed by atoms with E-state index in [1.54, 1.807) is 18.4 Å². The minimum Gasteiger partial charge on any atom is -0.467 e. The number of rotatable bonds is 4. The summed E-state index contributed by atoms with van der Waals surface area (Å²) in [6, 6.07) is 3.56.